The Morgan fingerprint density at radius 3 is 1.47 bits per heavy atom. The molecule has 5 atom stereocenters. The van der Waals surface area contributed by atoms with Gasteiger partial charge in [0.25, 0.3) is 0 Å². The molecule has 0 N–H and O–H groups in total. The molecule has 6 heteroatoms. The van der Waals surface area contributed by atoms with Crippen molar-refractivity contribution >= 4 is 0 Å². The summed E-state index contributed by atoms with van der Waals surface area (Å²) < 4.78 is 39.2. The average Bonchev–Trinajstić information content (AvgIpc) is 3.10. The van der Waals surface area contributed by atoms with Crippen LogP contribution < -0.4 is 0 Å². The Morgan fingerprint density at radius 2 is 0.978 bits per heavy atom. The molecule has 1 fully saturated rings. The highest BCUT2D eigenvalue weighted by atomic mass is 16.7. The van der Waals surface area contributed by atoms with Crippen molar-refractivity contribution < 1.29 is 28.4 Å². The van der Waals surface area contributed by atoms with Gasteiger partial charge in [0.1, 0.15) is 24.4 Å². The molecule has 0 amide bonds. The van der Waals surface area contributed by atoms with Crippen LogP contribution in [0, 0.1) is 12.3 Å². The third-order valence-electron chi connectivity index (χ3n) is 7.59. The van der Waals surface area contributed by atoms with Gasteiger partial charge in [-0.25, -0.2) is 0 Å². The molecule has 1 aliphatic rings. The largest absolute Gasteiger partial charge is 0.374 e. The minimum atomic E-state index is -0.714. The predicted molar refractivity (Wildman–Crippen MR) is 174 cm³/mol. The van der Waals surface area contributed by atoms with Gasteiger partial charge in [-0.3, -0.25) is 0 Å². The Bertz CT molecular complexity index is 1390. The van der Waals surface area contributed by atoms with Gasteiger partial charge >= 0.3 is 0 Å². The van der Waals surface area contributed by atoms with E-state index < -0.39 is 30.7 Å². The Hall–Kier alpha value is -3.80. The van der Waals surface area contributed by atoms with Crippen LogP contribution in [-0.2, 0) is 54.8 Å². The molecule has 6 nitrogen and oxygen atoms in total. The van der Waals surface area contributed by atoms with Gasteiger partial charge in [0.05, 0.1) is 39.6 Å². The quantitative estimate of drug-likeness (QED) is 0.0943. The lowest BCUT2D eigenvalue weighted by Crippen LogP contribution is -2.61. The van der Waals surface area contributed by atoms with Crippen LogP contribution in [0.3, 0.4) is 0 Å². The van der Waals surface area contributed by atoms with E-state index in [0.717, 1.165) is 22.3 Å². The summed E-state index contributed by atoms with van der Waals surface area (Å²) in [5.41, 5.74) is 4.23. The summed E-state index contributed by atoms with van der Waals surface area (Å²) in [6.45, 7) is 2.29. The molecule has 0 radical (unpaired) electrons. The molecule has 0 saturated carbocycles. The number of unbranched alkanes of at least 4 members (excludes halogenated alkanes) is 1. The van der Waals surface area contributed by atoms with Crippen molar-refractivity contribution in [2.75, 3.05) is 13.2 Å². The van der Waals surface area contributed by atoms with Gasteiger partial charge in [0.15, 0.2) is 6.29 Å². The highest BCUT2D eigenvalue weighted by Gasteiger charge is 2.49. The zero-order valence-corrected chi connectivity index (χ0v) is 25.6. The summed E-state index contributed by atoms with van der Waals surface area (Å²) in [6.07, 6.45) is 4.04. The molecular weight excluding hydrogens is 564 g/mol. The second-order valence-corrected chi connectivity index (χ2v) is 11.0. The van der Waals surface area contributed by atoms with Crippen molar-refractivity contribution in [2.24, 2.45) is 0 Å². The van der Waals surface area contributed by atoms with E-state index in [1.165, 1.54) is 0 Å². The summed E-state index contributed by atoms with van der Waals surface area (Å²) in [6, 6.07) is 40.4. The first-order valence-electron chi connectivity index (χ1n) is 15.6. The van der Waals surface area contributed by atoms with Crippen molar-refractivity contribution in [2.45, 2.75) is 70.0 Å². The van der Waals surface area contributed by atoms with Crippen LogP contribution in [0.1, 0.15) is 35.1 Å². The number of benzene rings is 4. The van der Waals surface area contributed by atoms with Gasteiger partial charge in [-0.2, -0.15) is 0 Å². The topological polar surface area (TPSA) is 55.4 Å². The van der Waals surface area contributed by atoms with Gasteiger partial charge < -0.3 is 28.4 Å². The summed E-state index contributed by atoms with van der Waals surface area (Å²) in [5.74, 6) is 2.69. The lowest BCUT2D eigenvalue weighted by molar-refractivity contribution is -0.328. The van der Waals surface area contributed by atoms with Crippen molar-refractivity contribution in [1.82, 2.24) is 0 Å². The number of hydrogen-bond acceptors (Lipinski definition) is 6. The highest BCUT2D eigenvalue weighted by molar-refractivity contribution is 5.16. The normalized spacial score (nSPS) is 21.3. The lowest BCUT2D eigenvalue weighted by Gasteiger charge is -2.46. The molecule has 0 aromatic heterocycles. The van der Waals surface area contributed by atoms with Crippen LogP contribution in [0.2, 0.25) is 0 Å². The SMILES string of the molecule is C#CCCCOC1O[C@H](COCc2ccccc2)[C@@H](OCc2ccccc2)[C@H](OCc2ccccc2)[C@H]1OCc1ccccc1. The smallest absolute Gasteiger partial charge is 0.186 e. The van der Waals surface area contributed by atoms with Gasteiger partial charge in [0.2, 0.25) is 0 Å². The summed E-state index contributed by atoms with van der Waals surface area (Å²) >= 11 is 0. The van der Waals surface area contributed by atoms with Crippen LogP contribution in [0.5, 0.6) is 0 Å². The molecule has 4 aromatic rings. The van der Waals surface area contributed by atoms with Gasteiger partial charge in [-0.1, -0.05) is 121 Å². The number of rotatable bonds is 17. The molecule has 1 heterocycles. The van der Waals surface area contributed by atoms with E-state index in [4.69, 9.17) is 34.8 Å². The van der Waals surface area contributed by atoms with Crippen molar-refractivity contribution in [3.05, 3.63) is 144 Å². The predicted octanol–water partition coefficient (Wildman–Crippen LogP) is 7.11. The van der Waals surface area contributed by atoms with Gasteiger partial charge in [0, 0.05) is 6.42 Å². The molecule has 45 heavy (non-hydrogen) atoms. The minimum absolute atomic E-state index is 0.287. The molecule has 0 aliphatic carbocycles. The fourth-order valence-corrected chi connectivity index (χ4v) is 5.25. The third-order valence-corrected chi connectivity index (χ3v) is 7.59. The molecular formula is C39H42O6. The molecule has 1 saturated heterocycles. The van der Waals surface area contributed by atoms with Gasteiger partial charge in [-0.05, 0) is 28.7 Å². The molecule has 1 unspecified atom stereocenters. The molecule has 0 spiro atoms. The fourth-order valence-electron chi connectivity index (χ4n) is 5.25. The first-order chi connectivity index (χ1) is 22.3. The van der Waals surface area contributed by atoms with Crippen LogP contribution in [0.15, 0.2) is 121 Å². The summed E-state index contributed by atoms with van der Waals surface area (Å²) in [5, 5.41) is 0. The Balaban J connectivity index is 1.42. The number of hydrogen-bond donors (Lipinski definition) is 0. The standard InChI is InChI=1S/C39H42O6/c1-2-3-16-25-41-39-38(44-29-34-23-14-7-15-24-34)37(43-28-33-21-12-6-13-22-33)36(42-27-32-19-10-5-11-20-32)35(45-39)30-40-26-31-17-8-4-9-18-31/h1,4-15,17-24,35-39H,3,16,25-30H2/t35-,36-,37+,38-,39?/m1/s1. The average molecular weight is 607 g/mol. The van der Waals surface area contributed by atoms with Gasteiger partial charge in [-0.15, -0.1) is 12.3 Å². The molecule has 234 valence electrons. The Morgan fingerprint density at radius 1 is 0.533 bits per heavy atom. The lowest BCUT2D eigenvalue weighted by atomic mass is 9.97. The fraction of sp³-hybridized carbons (Fsp3) is 0.333. The second kappa shape index (κ2) is 18.2. The Labute approximate surface area is 267 Å². The van der Waals surface area contributed by atoms with E-state index in [1.807, 2.05) is 121 Å². The zero-order valence-electron chi connectivity index (χ0n) is 25.6. The monoisotopic (exact) mass is 606 g/mol. The second-order valence-electron chi connectivity index (χ2n) is 11.0. The zero-order chi connectivity index (χ0) is 30.9. The van der Waals surface area contributed by atoms with Crippen LogP contribution >= 0.6 is 0 Å². The Kier molecular flexibility index (Phi) is 13.2. The maximum Gasteiger partial charge on any atom is 0.186 e. The summed E-state index contributed by atoms with van der Waals surface area (Å²) in [4.78, 5) is 0. The van der Waals surface area contributed by atoms with E-state index in [2.05, 4.69) is 5.92 Å². The number of ether oxygens (including phenoxy) is 6. The van der Waals surface area contributed by atoms with E-state index in [-0.39, 0.29) is 6.61 Å². The molecule has 4 aromatic carbocycles. The summed E-state index contributed by atoms with van der Waals surface area (Å²) in [7, 11) is 0. The number of terminal acetylenes is 1. The first-order valence-corrected chi connectivity index (χ1v) is 15.6. The molecule has 0 bridgehead atoms. The molecule has 1 aliphatic heterocycles. The van der Waals surface area contributed by atoms with Crippen LogP contribution in [0.25, 0.3) is 0 Å². The minimum Gasteiger partial charge on any atom is -0.374 e. The van der Waals surface area contributed by atoms with Crippen molar-refractivity contribution in [3.8, 4) is 12.3 Å². The van der Waals surface area contributed by atoms with Crippen molar-refractivity contribution in [1.29, 1.82) is 0 Å². The molecule has 5 rings (SSSR count). The van der Waals surface area contributed by atoms with Crippen LogP contribution in [0.4, 0.5) is 0 Å². The maximum absolute atomic E-state index is 6.73. The van der Waals surface area contributed by atoms with E-state index in [1.54, 1.807) is 0 Å². The van der Waals surface area contributed by atoms with E-state index in [0.29, 0.717) is 45.9 Å². The van der Waals surface area contributed by atoms with Crippen LogP contribution in [-0.4, -0.2) is 43.9 Å². The highest BCUT2D eigenvalue weighted by Crippen LogP contribution is 2.31. The third kappa shape index (κ3) is 10.4. The first kappa shape index (κ1) is 32.6. The van der Waals surface area contributed by atoms with E-state index >= 15 is 0 Å². The van der Waals surface area contributed by atoms with E-state index in [9.17, 15) is 0 Å². The van der Waals surface area contributed by atoms with Crippen molar-refractivity contribution in [3.63, 3.8) is 0 Å². The maximum atomic E-state index is 6.73.